The molecule has 1 heterocycles. The minimum atomic E-state index is -0.202. The Morgan fingerprint density at radius 1 is 1.26 bits per heavy atom. The number of carbonyl (C=O) groups is 1. The van der Waals surface area contributed by atoms with Gasteiger partial charge in [-0.05, 0) is 36.8 Å². The normalized spacial score (nSPS) is 29.4. The van der Waals surface area contributed by atoms with E-state index in [9.17, 15) is 4.79 Å². The average Bonchev–Trinajstić information content (AvgIpc) is 2.85. The Balaban J connectivity index is 1.60. The van der Waals surface area contributed by atoms with Crippen molar-refractivity contribution in [1.29, 1.82) is 0 Å². The fourth-order valence-corrected chi connectivity index (χ4v) is 3.13. The van der Waals surface area contributed by atoms with E-state index in [-0.39, 0.29) is 18.1 Å². The summed E-state index contributed by atoms with van der Waals surface area (Å²) in [7, 11) is 0. The lowest BCUT2D eigenvalue weighted by Gasteiger charge is -2.29. The van der Waals surface area contributed by atoms with Crippen LogP contribution in [0, 0.1) is 5.92 Å². The van der Waals surface area contributed by atoms with Crippen molar-refractivity contribution in [2.24, 2.45) is 5.92 Å². The molecule has 1 aromatic rings. The molecule has 0 radical (unpaired) electrons. The van der Waals surface area contributed by atoms with Gasteiger partial charge in [0.15, 0.2) is 0 Å². The number of anilines is 1. The summed E-state index contributed by atoms with van der Waals surface area (Å²) in [5.41, 5.74) is 2.28. The van der Waals surface area contributed by atoms with Gasteiger partial charge in [0.05, 0.1) is 0 Å². The third-order valence-electron chi connectivity index (χ3n) is 4.36. The Labute approximate surface area is 114 Å². The largest absolute Gasteiger partial charge is 0.461 e. The number of ether oxygens (including phenoxy) is 1. The number of carbonyl (C=O) groups excluding carboxylic acids is 1. The van der Waals surface area contributed by atoms with E-state index in [1.807, 2.05) is 18.2 Å². The summed E-state index contributed by atoms with van der Waals surface area (Å²) in [6, 6.07) is 7.89. The van der Waals surface area contributed by atoms with Gasteiger partial charge in [-0.3, -0.25) is 0 Å². The SMILES string of the molecule is CC1CCCCC1OC(=O)C1Cc2ccccc2N1. The number of rotatable bonds is 2. The lowest BCUT2D eigenvalue weighted by atomic mass is 9.88. The van der Waals surface area contributed by atoms with Gasteiger partial charge in [-0.25, -0.2) is 4.79 Å². The fourth-order valence-electron chi connectivity index (χ4n) is 3.13. The Morgan fingerprint density at radius 2 is 2.05 bits per heavy atom. The van der Waals surface area contributed by atoms with Gasteiger partial charge >= 0.3 is 5.97 Å². The molecule has 3 unspecified atom stereocenters. The number of fused-ring (bicyclic) bond motifs is 1. The van der Waals surface area contributed by atoms with Crippen molar-refractivity contribution in [1.82, 2.24) is 0 Å². The molecule has 3 atom stereocenters. The zero-order chi connectivity index (χ0) is 13.2. The molecule has 0 spiro atoms. The first-order valence-corrected chi connectivity index (χ1v) is 7.29. The lowest BCUT2D eigenvalue weighted by Crippen LogP contribution is -2.36. The molecule has 0 bridgehead atoms. The number of esters is 1. The predicted octanol–water partition coefficient (Wildman–Crippen LogP) is 3.15. The quantitative estimate of drug-likeness (QED) is 0.829. The van der Waals surface area contributed by atoms with Gasteiger partial charge in [-0.2, -0.15) is 0 Å². The maximum absolute atomic E-state index is 12.2. The first-order valence-electron chi connectivity index (χ1n) is 7.29. The van der Waals surface area contributed by atoms with Crippen LogP contribution >= 0.6 is 0 Å². The summed E-state index contributed by atoms with van der Waals surface area (Å²) >= 11 is 0. The van der Waals surface area contributed by atoms with Crippen LogP contribution in [0.3, 0.4) is 0 Å². The van der Waals surface area contributed by atoms with Crippen LogP contribution in [0.4, 0.5) is 5.69 Å². The zero-order valence-electron chi connectivity index (χ0n) is 11.4. The molecule has 1 aliphatic heterocycles. The molecule has 1 saturated carbocycles. The van der Waals surface area contributed by atoms with Crippen LogP contribution in [0.1, 0.15) is 38.2 Å². The third-order valence-corrected chi connectivity index (χ3v) is 4.36. The molecule has 102 valence electrons. The summed E-state index contributed by atoms with van der Waals surface area (Å²) in [4.78, 5) is 12.2. The van der Waals surface area contributed by atoms with E-state index in [0.29, 0.717) is 5.92 Å². The van der Waals surface area contributed by atoms with E-state index in [4.69, 9.17) is 4.74 Å². The fraction of sp³-hybridized carbons (Fsp3) is 0.562. The van der Waals surface area contributed by atoms with Crippen LogP contribution in [0.5, 0.6) is 0 Å². The highest BCUT2D eigenvalue weighted by molar-refractivity contribution is 5.83. The minimum Gasteiger partial charge on any atom is -0.461 e. The maximum Gasteiger partial charge on any atom is 0.329 e. The highest BCUT2D eigenvalue weighted by Crippen LogP contribution is 2.29. The van der Waals surface area contributed by atoms with Gasteiger partial charge in [-0.15, -0.1) is 0 Å². The van der Waals surface area contributed by atoms with Crippen molar-refractivity contribution >= 4 is 11.7 Å². The first kappa shape index (κ1) is 12.5. The van der Waals surface area contributed by atoms with Crippen molar-refractivity contribution in [3.05, 3.63) is 29.8 Å². The van der Waals surface area contributed by atoms with Crippen molar-refractivity contribution in [2.45, 2.75) is 51.2 Å². The minimum absolute atomic E-state index is 0.0880. The van der Waals surface area contributed by atoms with E-state index in [0.717, 1.165) is 18.5 Å². The summed E-state index contributed by atoms with van der Waals surface area (Å²) in [6.07, 6.45) is 5.51. The van der Waals surface area contributed by atoms with Gasteiger partial charge in [-0.1, -0.05) is 31.5 Å². The van der Waals surface area contributed by atoms with Crippen LogP contribution in [-0.2, 0) is 16.0 Å². The van der Waals surface area contributed by atoms with E-state index < -0.39 is 0 Å². The van der Waals surface area contributed by atoms with Crippen LogP contribution in [0.15, 0.2) is 24.3 Å². The molecule has 19 heavy (non-hydrogen) atoms. The molecule has 3 heteroatoms. The Kier molecular flexibility index (Phi) is 3.45. The number of para-hydroxylation sites is 1. The molecule has 1 aromatic carbocycles. The first-order chi connectivity index (χ1) is 9.24. The zero-order valence-corrected chi connectivity index (χ0v) is 11.4. The molecule has 3 nitrogen and oxygen atoms in total. The van der Waals surface area contributed by atoms with Crippen molar-refractivity contribution in [3.63, 3.8) is 0 Å². The second-order valence-electron chi connectivity index (χ2n) is 5.80. The van der Waals surface area contributed by atoms with E-state index >= 15 is 0 Å². The van der Waals surface area contributed by atoms with Gasteiger partial charge < -0.3 is 10.1 Å². The standard InChI is InChI=1S/C16H21NO2/c1-11-6-2-5-9-15(11)19-16(18)14-10-12-7-3-4-8-13(12)17-14/h3-4,7-8,11,14-15,17H,2,5-6,9-10H2,1H3. The van der Waals surface area contributed by atoms with Crippen LogP contribution in [0.2, 0.25) is 0 Å². The van der Waals surface area contributed by atoms with Gasteiger partial charge in [0, 0.05) is 12.1 Å². The Hall–Kier alpha value is -1.51. The molecule has 3 rings (SSSR count). The molecule has 2 aliphatic rings. The number of hydrogen-bond acceptors (Lipinski definition) is 3. The van der Waals surface area contributed by atoms with Crippen LogP contribution in [0.25, 0.3) is 0 Å². The molecular formula is C16H21NO2. The summed E-state index contributed by atoms with van der Waals surface area (Å²) in [6.45, 7) is 2.19. The van der Waals surface area contributed by atoms with Crippen molar-refractivity contribution < 1.29 is 9.53 Å². The van der Waals surface area contributed by atoms with Crippen molar-refractivity contribution in [2.75, 3.05) is 5.32 Å². The highest BCUT2D eigenvalue weighted by Gasteiger charge is 2.31. The molecule has 1 fully saturated rings. The Bertz CT molecular complexity index is 447. The molecule has 1 N–H and O–H groups in total. The lowest BCUT2D eigenvalue weighted by molar-refractivity contribution is -0.154. The molecular weight excluding hydrogens is 238 g/mol. The monoisotopic (exact) mass is 259 g/mol. The number of hydrogen-bond donors (Lipinski definition) is 1. The molecule has 1 aliphatic carbocycles. The van der Waals surface area contributed by atoms with Crippen LogP contribution < -0.4 is 5.32 Å². The second kappa shape index (κ2) is 5.24. The molecule has 0 saturated heterocycles. The topological polar surface area (TPSA) is 38.3 Å². The van der Waals surface area contributed by atoms with E-state index in [2.05, 4.69) is 18.3 Å². The average molecular weight is 259 g/mol. The Morgan fingerprint density at radius 3 is 2.84 bits per heavy atom. The molecule has 0 amide bonds. The van der Waals surface area contributed by atoms with Gasteiger partial charge in [0.2, 0.25) is 0 Å². The highest BCUT2D eigenvalue weighted by atomic mass is 16.5. The van der Waals surface area contributed by atoms with Gasteiger partial charge in [0.25, 0.3) is 0 Å². The number of benzene rings is 1. The van der Waals surface area contributed by atoms with E-state index in [1.54, 1.807) is 0 Å². The maximum atomic E-state index is 12.2. The van der Waals surface area contributed by atoms with Gasteiger partial charge in [0.1, 0.15) is 12.1 Å². The molecule has 0 aromatic heterocycles. The third kappa shape index (κ3) is 2.60. The van der Waals surface area contributed by atoms with Crippen molar-refractivity contribution in [3.8, 4) is 0 Å². The van der Waals surface area contributed by atoms with E-state index in [1.165, 1.54) is 24.8 Å². The second-order valence-corrected chi connectivity index (χ2v) is 5.80. The summed E-state index contributed by atoms with van der Waals surface area (Å²) in [5.74, 6) is 0.413. The smallest absolute Gasteiger partial charge is 0.329 e. The summed E-state index contributed by atoms with van der Waals surface area (Å²) < 4.78 is 5.72. The summed E-state index contributed by atoms with van der Waals surface area (Å²) in [5, 5.41) is 3.26. The number of nitrogens with one attached hydrogen (secondary N) is 1. The van der Waals surface area contributed by atoms with Crippen LogP contribution in [-0.4, -0.2) is 18.1 Å². The predicted molar refractivity (Wildman–Crippen MR) is 75.1 cm³/mol.